The molecule has 1 atom stereocenters. The van der Waals surface area contributed by atoms with Crippen LogP contribution >= 0.6 is 0 Å². The standard InChI is InChI=1S/C9H20N2O.C2H6/c1-8(9(2)10)7-11-5-4-6-12-3;1-2/h7,9,11H,4-6,10H2,1-3H3;1-2H3/b8-7-;. The summed E-state index contributed by atoms with van der Waals surface area (Å²) in [4.78, 5) is 0. The van der Waals surface area contributed by atoms with Crippen LogP contribution in [0, 0.1) is 0 Å². The quantitative estimate of drug-likeness (QED) is 0.647. The molecule has 14 heavy (non-hydrogen) atoms. The minimum atomic E-state index is 0.139. The molecule has 0 saturated carbocycles. The molecule has 3 nitrogen and oxygen atoms in total. The number of hydrogen-bond donors (Lipinski definition) is 2. The Balaban J connectivity index is 0. The highest BCUT2D eigenvalue weighted by molar-refractivity contribution is 5.03. The monoisotopic (exact) mass is 202 g/mol. The fourth-order valence-electron chi connectivity index (χ4n) is 0.683. The molecular weight excluding hydrogens is 176 g/mol. The third kappa shape index (κ3) is 11.5. The number of nitrogens with one attached hydrogen (secondary N) is 1. The zero-order chi connectivity index (χ0) is 11.4. The molecule has 0 bridgehead atoms. The summed E-state index contributed by atoms with van der Waals surface area (Å²) in [5.74, 6) is 0. The van der Waals surface area contributed by atoms with Gasteiger partial charge in [-0.1, -0.05) is 13.8 Å². The minimum Gasteiger partial charge on any atom is -0.391 e. The molecule has 0 aliphatic rings. The molecule has 0 aromatic heterocycles. The van der Waals surface area contributed by atoms with E-state index in [0.29, 0.717) is 0 Å². The van der Waals surface area contributed by atoms with Gasteiger partial charge in [-0.25, -0.2) is 0 Å². The zero-order valence-electron chi connectivity index (χ0n) is 10.3. The van der Waals surface area contributed by atoms with Crippen molar-refractivity contribution in [2.45, 2.75) is 40.2 Å². The first kappa shape index (κ1) is 15.9. The largest absolute Gasteiger partial charge is 0.391 e. The molecule has 1 unspecified atom stereocenters. The van der Waals surface area contributed by atoms with Crippen LogP contribution in [0.1, 0.15) is 34.1 Å². The molecule has 0 rings (SSSR count). The lowest BCUT2D eigenvalue weighted by molar-refractivity contribution is 0.195. The molecule has 0 radical (unpaired) electrons. The Hall–Kier alpha value is -0.540. The van der Waals surface area contributed by atoms with Crippen LogP contribution in [0.15, 0.2) is 11.8 Å². The van der Waals surface area contributed by atoms with E-state index in [9.17, 15) is 0 Å². The fraction of sp³-hybridized carbons (Fsp3) is 0.818. The molecule has 0 saturated heterocycles. The van der Waals surface area contributed by atoms with Crippen molar-refractivity contribution in [3.05, 3.63) is 11.8 Å². The van der Waals surface area contributed by atoms with Crippen molar-refractivity contribution in [1.82, 2.24) is 5.32 Å². The second-order valence-electron chi connectivity index (χ2n) is 2.98. The van der Waals surface area contributed by atoms with E-state index in [1.54, 1.807) is 7.11 Å². The maximum atomic E-state index is 5.64. The molecule has 0 aliphatic carbocycles. The summed E-state index contributed by atoms with van der Waals surface area (Å²) >= 11 is 0. The smallest absolute Gasteiger partial charge is 0.0479 e. The Morgan fingerprint density at radius 1 is 1.50 bits per heavy atom. The van der Waals surface area contributed by atoms with Crippen LogP contribution in [0.5, 0.6) is 0 Å². The molecule has 0 amide bonds. The maximum absolute atomic E-state index is 5.64. The van der Waals surface area contributed by atoms with Crippen LogP contribution in [0.4, 0.5) is 0 Å². The van der Waals surface area contributed by atoms with Crippen molar-refractivity contribution in [2.75, 3.05) is 20.3 Å². The average molecular weight is 202 g/mol. The van der Waals surface area contributed by atoms with E-state index in [4.69, 9.17) is 10.5 Å². The molecule has 0 aromatic carbocycles. The Labute approximate surface area is 88.7 Å². The van der Waals surface area contributed by atoms with Crippen molar-refractivity contribution in [3.63, 3.8) is 0 Å². The second-order valence-corrected chi connectivity index (χ2v) is 2.98. The van der Waals surface area contributed by atoms with Crippen LogP contribution < -0.4 is 11.1 Å². The van der Waals surface area contributed by atoms with E-state index in [-0.39, 0.29) is 6.04 Å². The number of methoxy groups -OCH3 is 1. The van der Waals surface area contributed by atoms with E-state index in [0.717, 1.165) is 19.6 Å². The van der Waals surface area contributed by atoms with Crippen molar-refractivity contribution in [2.24, 2.45) is 5.73 Å². The lowest BCUT2D eigenvalue weighted by Gasteiger charge is -2.06. The van der Waals surface area contributed by atoms with Gasteiger partial charge in [0.15, 0.2) is 0 Å². The topological polar surface area (TPSA) is 47.3 Å². The lowest BCUT2D eigenvalue weighted by Crippen LogP contribution is -2.19. The lowest BCUT2D eigenvalue weighted by atomic mass is 10.2. The molecule has 0 aromatic rings. The third-order valence-electron chi connectivity index (χ3n) is 1.72. The van der Waals surface area contributed by atoms with Crippen LogP contribution in [-0.2, 0) is 4.74 Å². The van der Waals surface area contributed by atoms with Crippen molar-refractivity contribution in [3.8, 4) is 0 Å². The summed E-state index contributed by atoms with van der Waals surface area (Å²) < 4.78 is 4.91. The van der Waals surface area contributed by atoms with Gasteiger partial charge in [-0.2, -0.15) is 0 Å². The Bertz CT molecular complexity index is 133. The second kappa shape index (κ2) is 12.5. The summed E-state index contributed by atoms with van der Waals surface area (Å²) in [6, 6.07) is 0.139. The zero-order valence-corrected chi connectivity index (χ0v) is 10.3. The Morgan fingerprint density at radius 3 is 2.50 bits per heavy atom. The highest BCUT2D eigenvalue weighted by atomic mass is 16.5. The SMILES string of the molecule is CC.COCCCN/C=C(/C)C(C)N. The van der Waals surface area contributed by atoms with Gasteiger partial charge in [-0.3, -0.25) is 0 Å². The highest BCUT2D eigenvalue weighted by Crippen LogP contribution is 1.94. The molecule has 3 heteroatoms. The molecular formula is C11H26N2O. The van der Waals surface area contributed by atoms with E-state index in [1.165, 1.54) is 5.57 Å². The molecule has 0 fully saturated rings. The number of rotatable bonds is 6. The maximum Gasteiger partial charge on any atom is 0.0479 e. The van der Waals surface area contributed by atoms with E-state index in [1.807, 2.05) is 33.9 Å². The summed E-state index contributed by atoms with van der Waals surface area (Å²) in [6.07, 6.45) is 3.00. The Morgan fingerprint density at radius 2 is 2.07 bits per heavy atom. The first-order valence-corrected chi connectivity index (χ1v) is 5.33. The van der Waals surface area contributed by atoms with E-state index >= 15 is 0 Å². The van der Waals surface area contributed by atoms with Gasteiger partial charge in [0.25, 0.3) is 0 Å². The van der Waals surface area contributed by atoms with Crippen LogP contribution in [-0.4, -0.2) is 26.3 Å². The molecule has 0 heterocycles. The summed E-state index contributed by atoms with van der Waals surface area (Å²) in [6.45, 7) is 9.74. The summed E-state index contributed by atoms with van der Waals surface area (Å²) in [5, 5.41) is 3.18. The predicted octanol–water partition coefficient (Wildman–Crippen LogP) is 1.89. The van der Waals surface area contributed by atoms with Crippen molar-refractivity contribution < 1.29 is 4.74 Å². The normalized spacial score (nSPS) is 12.9. The van der Waals surface area contributed by atoms with Gasteiger partial charge in [-0.15, -0.1) is 0 Å². The van der Waals surface area contributed by atoms with Crippen LogP contribution in [0.3, 0.4) is 0 Å². The first-order valence-electron chi connectivity index (χ1n) is 5.33. The van der Waals surface area contributed by atoms with Gasteiger partial charge >= 0.3 is 0 Å². The van der Waals surface area contributed by atoms with Crippen molar-refractivity contribution in [1.29, 1.82) is 0 Å². The number of nitrogens with two attached hydrogens (primary N) is 1. The van der Waals surface area contributed by atoms with E-state index in [2.05, 4.69) is 5.32 Å². The average Bonchev–Trinajstić information content (AvgIpc) is 2.20. The highest BCUT2D eigenvalue weighted by Gasteiger charge is 1.93. The van der Waals surface area contributed by atoms with Gasteiger partial charge in [-0.05, 0) is 32.0 Å². The van der Waals surface area contributed by atoms with Crippen LogP contribution in [0.25, 0.3) is 0 Å². The molecule has 3 N–H and O–H groups in total. The number of ether oxygens (including phenoxy) is 1. The van der Waals surface area contributed by atoms with Gasteiger partial charge < -0.3 is 15.8 Å². The molecule has 0 spiro atoms. The van der Waals surface area contributed by atoms with Gasteiger partial charge in [0.05, 0.1) is 0 Å². The first-order chi connectivity index (χ1) is 6.68. The van der Waals surface area contributed by atoms with E-state index < -0.39 is 0 Å². The Kier molecular flexibility index (Phi) is 14.2. The number of hydrogen-bond acceptors (Lipinski definition) is 3. The minimum absolute atomic E-state index is 0.139. The summed E-state index contributed by atoms with van der Waals surface area (Å²) in [5.41, 5.74) is 6.82. The van der Waals surface area contributed by atoms with Gasteiger partial charge in [0, 0.05) is 26.3 Å². The van der Waals surface area contributed by atoms with Crippen molar-refractivity contribution >= 4 is 0 Å². The third-order valence-corrected chi connectivity index (χ3v) is 1.72. The van der Waals surface area contributed by atoms with Gasteiger partial charge in [0.1, 0.15) is 0 Å². The predicted molar refractivity (Wildman–Crippen MR) is 63.3 cm³/mol. The van der Waals surface area contributed by atoms with Gasteiger partial charge in [0.2, 0.25) is 0 Å². The van der Waals surface area contributed by atoms with Crippen LogP contribution in [0.2, 0.25) is 0 Å². The fourth-order valence-corrected chi connectivity index (χ4v) is 0.683. The summed E-state index contributed by atoms with van der Waals surface area (Å²) in [7, 11) is 1.71. The molecule has 0 aliphatic heterocycles. The molecule has 86 valence electrons.